The lowest BCUT2D eigenvalue weighted by atomic mass is 10.3. The summed E-state index contributed by atoms with van der Waals surface area (Å²) >= 11 is 1.44. The van der Waals surface area contributed by atoms with Gasteiger partial charge in [0.15, 0.2) is 20.6 Å². The molecule has 0 fully saturated rings. The van der Waals surface area contributed by atoms with Crippen molar-refractivity contribution in [2.45, 2.75) is 42.9 Å². The predicted octanol–water partition coefficient (Wildman–Crippen LogP) is 2.35. The van der Waals surface area contributed by atoms with E-state index in [0.29, 0.717) is 23.9 Å². The summed E-state index contributed by atoms with van der Waals surface area (Å²) < 4.78 is 26.3. The Kier molecular flexibility index (Phi) is 7.50. The van der Waals surface area contributed by atoms with Crippen LogP contribution in [0.1, 0.15) is 20.3 Å². The maximum absolute atomic E-state index is 12.3. The summed E-state index contributed by atoms with van der Waals surface area (Å²) in [6, 6.07) is 8.35. The van der Waals surface area contributed by atoms with E-state index in [-0.39, 0.29) is 29.0 Å². The molecule has 3 aromatic rings. The van der Waals surface area contributed by atoms with E-state index in [1.165, 1.54) is 23.9 Å². The number of hydrogen-bond donors (Lipinski definition) is 2. The molecule has 2 aromatic heterocycles. The Labute approximate surface area is 186 Å². The molecule has 9 nitrogen and oxygen atoms in total. The van der Waals surface area contributed by atoms with Gasteiger partial charge >= 0.3 is 0 Å². The van der Waals surface area contributed by atoms with Crippen LogP contribution in [0.15, 0.2) is 46.6 Å². The summed E-state index contributed by atoms with van der Waals surface area (Å²) in [5, 5.41) is 11.9. The molecule has 2 N–H and O–H groups in total. The molecule has 3 rings (SSSR count). The van der Waals surface area contributed by atoms with Crippen molar-refractivity contribution in [3.8, 4) is 0 Å². The second-order valence-electron chi connectivity index (χ2n) is 7.19. The first-order valence-electron chi connectivity index (χ1n) is 9.88. The van der Waals surface area contributed by atoms with Crippen LogP contribution in [0, 0.1) is 0 Å². The third kappa shape index (κ3) is 5.95. The second-order valence-corrected chi connectivity index (χ2v) is 10.1. The smallest absolute Gasteiger partial charge is 0.221 e. The molecule has 1 aromatic carbocycles. The van der Waals surface area contributed by atoms with Crippen LogP contribution in [0.2, 0.25) is 0 Å². The van der Waals surface area contributed by atoms with Crippen LogP contribution in [-0.4, -0.2) is 58.7 Å². The number of thioether (sulfide) groups is 1. The highest BCUT2D eigenvalue weighted by atomic mass is 32.2. The number of benzene rings is 1. The molecule has 0 saturated carbocycles. The van der Waals surface area contributed by atoms with E-state index in [2.05, 4.69) is 25.7 Å². The highest BCUT2D eigenvalue weighted by Gasteiger charge is 2.17. The minimum atomic E-state index is -3.48. The zero-order valence-electron chi connectivity index (χ0n) is 17.7. The predicted molar refractivity (Wildman–Crippen MR) is 122 cm³/mol. The number of rotatable bonds is 10. The van der Waals surface area contributed by atoms with Gasteiger partial charge in [-0.3, -0.25) is 4.79 Å². The van der Waals surface area contributed by atoms with Gasteiger partial charge in [-0.25, -0.2) is 23.1 Å². The Morgan fingerprint density at radius 1 is 1.19 bits per heavy atom. The molecule has 0 aliphatic heterocycles. The van der Waals surface area contributed by atoms with E-state index >= 15 is 0 Å². The van der Waals surface area contributed by atoms with Gasteiger partial charge in [-0.05, 0) is 32.2 Å². The van der Waals surface area contributed by atoms with Crippen molar-refractivity contribution in [3.05, 3.63) is 36.5 Å². The molecule has 0 atom stereocenters. The van der Waals surface area contributed by atoms with Crippen LogP contribution >= 0.6 is 11.8 Å². The molecule has 0 radical (unpaired) electrons. The van der Waals surface area contributed by atoms with Crippen molar-refractivity contribution in [2.75, 3.05) is 23.9 Å². The Balaban J connectivity index is 1.59. The van der Waals surface area contributed by atoms with Gasteiger partial charge in [-0.15, -0.1) is 0 Å². The molecule has 166 valence electrons. The van der Waals surface area contributed by atoms with Crippen LogP contribution in [0.5, 0.6) is 0 Å². The molecule has 0 saturated heterocycles. The summed E-state index contributed by atoms with van der Waals surface area (Å²) in [7, 11) is -3.48. The molecule has 2 heterocycles. The maximum atomic E-state index is 12.3. The largest absolute Gasteiger partial charge is 0.367 e. The van der Waals surface area contributed by atoms with E-state index in [1.54, 1.807) is 29.1 Å². The Hall–Kier alpha value is -2.66. The molecular formula is C20H26N6O3S2. The molecule has 0 aliphatic rings. The monoisotopic (exact) mass is 462 g/mol. The number of nitrogens with one attached hydrogen (secondary N) is 2. The second kappa shape index (κ2) is 10.1. The summed E-state index contributed by atoms with van der Waals surface area (Å²) in [4.78, 5) is 21.4. The van der Waals surface area contributed by atoms with Crippen molar-refractivity contribution in [3.63, 3.8) is 0 Å². The Bertz CT molecular complexity index is 1150. The third-order valence-electron chi connectivity index (χ3n) is 4.43. The van der Waals surface area contributed by atoms with Gasteiger partial charge in [0.2, 0.25) is 5.91 Å². The quantitative estimate of drug-likeness (QED) is 0.348. The van der Waals surface area contributed by atoms with Crippen molar-refractivity contribution < 1.29 is 13.2 Å². The lowest BCUT2D eigenvalue weighted by molar-refractivity contribution is -0.120. The Morgan fingerprint density at radius 3 is 2.61 bits per heavy atom. The van der Waals surface area contributed by atoms with Gasteiger partial charge in [-0.1, -0.05) is 30.0 Å². The number of anilines is 1. The number of hydrogen-bond acceptors (Lipinski definition) is 8. The summed E-state index contributed by atoms with van der Waals surface area (Å²) in [5.74, 6) is 0.172. The minimum Gasteiger partial charge on any atom is -0.367 e. The van der Waals surface area contributed by atoms with Crippen LogP contribution in [0.4, 0.5) is 5.82 Å². The van der Waals surface area contributed by atoms with Crippen LogP contribution in [-0.2, 0) is 21.2 Å². The van der Waals surface area contributed by atoms with Gasteiger partial charge in [0.05, 0.1) is 28.8 Å². The molecule has 0 spiro atoms. The minimum absolute atomic E-state index is 0.0989. The summed E-state index contributed by atoms with van der Waals surface area (Å²) in [6.07, 6.45) is 3.52. The summed E-state index contributed by atoms with van der Waals surface area (Å²) in [6.45, 7) is 4.79. The first-order valence-corrected chi connectivity index (χ1v) is 12.8. The van der Waals surface area contributed by atoms with Crippen molar-refractivity contribution in [1.29, 1.82) is 0 Å². The van der Waals surface area contributed by atoms with Gasteiger partial charge in [0.1, 0.15) is 5.82 Å². The zero-order chi connectivity index (χ0) is 22.4. The molecule has 31 heavy (non-hydrogen) atoms. The highest BCUT2D eigenvalue weighted by Crippen LogP contribution is 2.23. The summed E-state index contributed by atoms with van der Waals surface area (Å²) in [5.41, 5.74) is 0.684. The van der Waals surface area contributed by atoms with E-state index in [0.717, 1.165) is 11.2 Å². The first-order chi connectivity index (χ1) is 14.8. The van der Waals surface area contributed by atoms with Gasteiger partial charge < -0.3 is 10.6 Å². The lowest BCUT2D eigenvalue weighted by Gasteiger charge is -2.11. The normalized spacial score (nSPS) is 11.7. The molecule has 0 aliphatic carbocycles. The fraction of sp³-hybridized carbons (Fsp3) is 0.400. The topological polar surface area (TPSA) is 119 Å². The zero-order valence-corrected chi connectivity index (χ0v) is 19.3. The van der Waals surface area contributed by atoms with Crippen molar-refractivity contribution in [2.24, 2.45) is 0 Å². The van der Waals surface area contributed by atoms with Crippen LogP contribution in [0.25, 0.3) is 11.0 Å². The average Bonchev–Trinajstić information content (AvgIpc) is 3.16. The van der Waals surface area contributed by atoms with E-state index in [9.17, 15) is 13.2 Å². The van der Waals surface area contributed by atoms with Gasteiger partial charge in [-0.2, -0.15) is 5.10 Å². The third-order valence-corrected chi connectivity index (χ3v) is 6.71. The number of amides is 1. The standard InChI is InChI=1S/C20H26N6O3S2/c1-14(2)23-18-16-13-22-26(19(16)25-20(24-18)30-3)11-10-21-17(27)9-12-31(28,29)15-7-5-4-6-8-15/h4-8,13-14H,9-12H2,1-3H3,(H,21,27)(H,23,24,25). The lowest BCUT2D eigenvalue weighted by Crippen LogP contribution is -2.29. The highest BCUT2D eigenvalue weighted by molar-refractivity contribution is 7.98. The number of carbonyl (C=O) groups is 1. The van der Waals surface area contributed by atoms with E-state index in [4.69, 9.17) is 0 Å². The SMILES string of the molecule is CSc1nc(NC(C)C)c2cnn(CCNC(=O)CCS(=O)(=O)c3ccccc3)c2n1. The first kappa shape index (κ1) is 23.0. The average molecular weight is 463 g/mol. The fourth-order valence-electron chi connectivity index (χ4n) is 2.94. The van der Waals surface area contributed by atoms with Crippen molar-refractivity contribution in [1.82, 2.24) is 25.1 Å². The molecule has 0 unspecified atom stereocenters. The number of aromatic nitrogens is 4. The van der Waals surface area contributed by atoms with Crippen LogP contribution in [0.3, 0.4) is 0 Å². The van der Waals surface area contributed by atoms with E-state index in [1.807, 2.05) is 20.1 Å². The van der Waals surface area contributed by atoms with Crippen LogP contribution < -0.4 is 10.6 Å². The fourth-order valence-corrected chi connectivity index (χ4v) is 4.56. The molecule has 1 amide bonds. The van der Waals surface area contributed by atoms with Gasteiger partial charge in [0.25, 0.3) is 0 Å². The molecule has 11 heteroatoms. The van der Waals surface area contributed by atoms with Crippen molar-refractivity contribution >= 4 is 44.4 Å². The number of sulfone groups is 1. The number of fused-ring (bicyclic) bond motifs is 1. The Morgan fingerprint density at radius 2 is 1.94 bits per heavy atom. The number of carbonyl (C=O) groups excluding carboxylic acids is 1. The molecule has 0 bridgehead atoms. The maximum Gasteiger partial charge on any atom is 0.221 e. The van der Waals surface area contributed by atoms with Gasteiger partial charge in [0, 0.05) is 19.0 Å². The van der Waals surface area contributed by atoms with E-state index < -0.39 is 9.84 Å². The molecular weight excluding hydrogens is 436 g/mol. The number of nitrogens with zero attached hydrogens (tertiary/aromatic N) is 4.